The molecule has 2 heterocycles. The zero-order chi connectivity index (χ0) is 13.7. The molecule has 1 N–H and O–H groups in total. The number of ether oxygens (including phenoxy) is 1. The van der Waals surface area contributed by atoms with Crippen molar-refractivity contribution in [2.24, 2.45) is 0 Å². The summed E-state index contributed by atoms with van der Waals surface area (Å²) in [7, 11) is 0. The minimum Gasteiger partial charge on any atom is -0.389 e. The maximum Gasteiger partial charge on any atom is 0.185 e. The number of hydrogen-bond donors (Lipinski definition) is 1. The number of thiazole rings is 1. The summed E-state index contributed by atoms with van der Waals surface area (Å²) in [6, 6.07) is 0. The summed E-state index contributed by atoms with van der Waals surface area (Å²) in [4.78, 5) is 8.93. The Bertz CT molecular complexity index is 351. The third kappa shape index (κ3) is 4.72. The number of nitrogens with zero attached hydrogens (tertiary/aromatic N) is 3. The Labute approximate surface area is 118 Å². The molecule has 108 valence electrons. The fourth-order valence-corrected chi connectivity index (χ4v) is 2.84. The molecule has 6 heteroatoms. The monoisotopic (exact) mass is 285 g/mol. The van der Waals surface area contributed by atoms with Gasteiger partial charge in [0.05, 0.1) is 18.8 Å². The summed E-state index contributed by atoms with van der Waals surface area (Å²) in [5, 5.41) is 13.0. The van der Waals surface area contributed by atoms with Crippen molar-refractivity contribution in [2.75, 3.05) is 44.2 Å². The molecule has 1 atom stereocenters. The predicted octanol–water partition coefficient (Wildman–Crippen LogP) is 1.05. The molecule has 0 aromatic carbocycles. The number of piperazine rings is 1. The number of rotatable bonds is 6. The zero-order valence-electron chi connectivity index (χ0n) is 11.7. The van der Waals surface area contributed by atoms with Crippen molar-refractivity contribution < 1.29 is 9.84 Å². The van der Waals surface area contributed by atoms with E-state index in [4.69, 9.17) is 4.74 Å². The first kappa shape index (κ1) is 14.7. The van der Waals surface area contributed by atoms with Crippen LogP contribution in [-0.2, 0) is 4.74 Å². The lowest BCUT2D eigenvalue weighted by atomic mass is 10.2. The maximum absolute atomic E-state index is 9.91. The topological polar surface area (TPSA) is 48.8 Å². The smallest absolute Gasteiger partial charge is 0.185 e. The van der Waals surface area contributed by atoms with Crippen LogP contribution in [0.15, 0.2) is 11.6 Å². The predicted molar refractivity (Wildman–Crippen MR) is 77.9 cm³/mol. The molecular formula is C13H23N3O2S. The third-order valence-corrected chi connectivity index (χ3v) is 3.99. The van der Waals surface area contributed by atoms with Crippen molar-refractivity contribution >= 4 is 16.5 Å². The summed E-state index contributed by atoms with van der Waals surface area (Å²) in [5.74, 6) is 0. The van der Waals surface area contributed by atoms with Crippen LogP contribution >= 0.6 is 11.3 Å². The zero-order valence-corrected chi connectivity index (χ0v) is 12.5. The molecule has 1 fully saturated rings. The van der Waals surface area contributed by atoms with E-state index in [9.17, 15) is 5.11 Å². The molecule has 2 rings (SSSR count). The number of β-amino-alcohol motifs (C(OH)–C–C–N with tert-alkyl or cyclic N) is 1. The summed E-state index contributed by atoms with van der Waals surface area (Å²) in [5.41, 5.74) is 0. The van der Waals surface area contributed by atoms with Crippen LogP contribution in [0.25, 0.3) is 0 Å². The van der Waals surface area contributed by atoms with Gasteiger partial charge in [-0.15, -0.1) is 11.3 Å². The van der Waals surface area contributed by atoms with Crippen molar-refractivity contribution in [2.45, 2.75) is 26.1 Å². The molecule has 1 aliphatic rings. The van der Waals surface area contributed by atoms with Gasteiger partial charge in [-0.1, -0.05) is 0 Å². The van der Waals surface area contributed by atoms with Crippen molar-refractivity contribution in [3.05, 3.63) is 11.6 Å². The molecule has 19 heavy (non-hydrogen) atoms. The highest BCUT2D eigenvalue weighted by molar-refractivity contribution is 7.13. The number of aliphatic hydroxyl groups is 1. The molecule has 0 aliphatic carbocycles. The first-order valence-corrected chi connectivity index (χ1v) is 7.69. The molecule has 0 bridgehead atoms. The SMILES string of the molecule is CC(C)OCC(O)CN1CCN(c2nccs2)CC1. The molecule has 0 amide bonds. The van der Waals surface area contributed by atoms with Gasteiger partial charge in [-0.05, 0) is 13.8 Å². The standard InChI is InChI=1S/C13H23N3O2S/c1-11(2)18-10-12(17)9-15-4-6-16(7-5-15)13-14-3-8-19-13/h3,8,11-12,17H,4-7,9-10H2,1-2H3. The molecule has 0 saturated carbocycles. The average Bonchev–Trinajstić information content (AvgIpc) is 2.91. The van der Waals surface area contributed by atoms with Crippen molar-refractivity contribution in [3.8, 4) is 0 Å². The van der Waals surface area contributed by atoms with Gasteiger partial charge in [-0.25, -0.2) is 4.98 Å². The van der Waals surface area contributed by atoms with Gasteiger partial charge < -0.3 is 14.7 Å². The highest BCUT2D eigenvalue weighted by atomic mass is 32.1. The normalized spacial score (nSPS) is 19.1. The lowest BCUT2D eigenvalue weighted by Gasteiger charge is -2.35. The van der Waals surface area contributed by atoms with Crippen LogP contribution in [0, 0.1) is 0 Å². The highest BCUT2D eigenvalue weighted by Crippen LogP contribution is 2.18. The number of hydrogen-bond acceptors (Lipinski definition) is 6. The van der Waals surface area contributed by atoms with E-state index >= 15 is 0 Å². The van der Waals surface area contributed by atoms with E-state index < -0.39 is 6.10 Å². The maximum atomic E-state index is 9.91. The van der Waals surface area contributed by atoms with Crippen LogP contribution in [-0.4, -0.2) is 66.5 Å². The fourth-order valence-electron chi connectivity index (χ4n) is 2.15. The minimum atomic E-state index is -0.395. The Morgan fingerprint density at radius 1 is 1.37 bits per heavy atom. The Morgan fingerprint density at radius 3 is 2.68 bits per heavy atom. The van der Waals surface area contributed by atoms with Gasteiger partial charge in [-0.3, -0.25) is 4.90 Å². The van der Waals surface area contributed by atoms with Crippen molar-refractivity contribution in [1.29, 1.82) is 0 Å². The van der Waals surface area contributed by atoms with Gasteiger partial charge in [0.15, 0.2) is 5.13 Å². The molecule has 1 aliphatic heterocycles. The number of aromatic nitrogens is 1. The van der Waals surface area contributed by atoms with E-state index in [0.29, 0.717) is 13.2 Å². The minimum absolute atomic E-state index is 0.177. The third-order valence-electron chi connectivity index (χ3n) is 3.15. The second kappa shape index (κ2) is 7.19. The molecule has 0 radical (unpaired) electrons. The van der Waals surface area contributed by atoms with Gasteiger partial charge >= 0.3 is 0 Å². The molecule has 5 nitrogen and oxygen atoms in total. The van der Waals surface area contributed by atoms with Gasteiger partial charge in [0, 0.05) is 44.3 Å². The summed E-state index contributed by atoms with van der Waals surface area (Å²) < 4.78 is 5.43. The number of anilines is 1. The molecule has 1 saturated heterocycles. The fraction of sp³-hybridized carbons (Fsp3) is 0.769. The first-order chi connectivity index (χ1) is 9.15. The van der Waals surface area contributed by atoms with Crippen LogP contribution in [0.2, 0.25) is 0 Å². The van der Waals surface area contributed by atoms with Crippen LogP contribution in [0.1, 0.15) is 13.8 Å². The largest absolute Gasteiger partial charge is 0.389 e. The Kier molecular flexibility index (Phi) is 5.57. The number of aliphatic hydroxyl groups excluding tert-OH is 1. The molecule has 0 spiro atoms. The van der Waals surface area contributed by atoms with Crippen LogP contribution in [0.3, 0.4) is 0 Å². The van der Waals surface area contributed by atoms with E-state index in [1.165, 1.54) is 0 Å². The summed E-state index contributed by atoms with van der Waals surface area (Å²) in [6.07, 6.45) is 1.63. The molecule has 1 aromatic rings. The van der Waals surface area contributed by atoms with Crippen molar-refractivity contribution in [1.82, 2.24) is 9.88 Å². The van der Waals surface area contributed by atoms with E-state index in [0.717, 1.165) is 31.3 Å². The molecule has 1 aromatic heterocycles. The Balaban J connectivity index is 1.68. The Hall–Kier alpha value is -0.690. The van der Waals surface area contributed by atoms with Gasteiger partial charge in [0.1, 0.15) is 0 Å². The van der Waals surface area contributed by atoms with E-state index in [-0.39, 0.29) is 6.10 Å². The van der Waals surface area contributed by atoms with E-state index in [1.807, 2.05) is 25.4 Å². The van der Waals surface area contributed by atoms with E-state index in [1.54, 1.807) is 11.3 Å². The average molecular weight is 285 g/mol. The summed E-state index contributed by atoms with van der Waals surface area (Å²) >= 11 is 1.68. The lowest BCUT2D eigenvalue weighted by Crippen LogP contribution is -2.49. The van der Waals surface area contributed by atoms with Crippen LogP contribution < -0.4 is 4.90 Å². The first-order valence-electron chi connectivity index (χ1n) is 6.81. The lowest BCUT2D eigenvalue weighted by molar-refractivity contribution is -0.00899. The molecular weight excluding hydrogens is 262 g/mol. The van der Waals surface area contributed by atoms with E-state index in [2.05, 4.69) is 14.8 Å². The highest BCUT2D eigenvalue weighted by Gasteiger charge is 2.20. The van der Waals surface area contributed by atoms with Gasteiger partial charge in [0.25, 0.3) is 0 Å². The van der Waals surface area contributed by atoms with Gasteiger partial charge in [0.2, 0.25) is 0 Å². The second-order valence-corrected chi connectivity index (χ2v) is 6.01. The van der Waals surface area contributed by atoms with Crippen LogP contribution in [0.5, 0.6) is 0 Å². The Morgan fingerprint density at radius 2 is 2.11 bits per heavy atom. The second-order valence-electron chi connectivity index (χ2n) is 5.14. The quantitative estimate of drug-likeness (QED) is 0.846. The summed E-state index contributed by atoms with van der Waals surface area (Å²) in [6.45, 7) is 8.98. The van der Waals surface area contributed by atoms with Gasteiger partial charge in [-0.2, -0.15) is 0 Å². The van der Waals surface area contributed by atoms with Crippen molar-refractivity contribution in [3.63, 3.8) is 0 Å². The van der Waals surface area contributed by atoms with Crippen LogP contribution in [0.4, 0.5) is 5.13 Å². The molecule has 1 unspecified atom stereocenters.